The molecule has 0 saturated heterocycles. The van der Waals surface area contributed by atoms with E-state index in [0.717, 1.165) is 24.2 Å². The van der Waals surface area contributed by atoms with Crippen LogP contribution in [0.5, 0.6) is 0 Å². The molecule has 1 fully saturated rings. The number of hydrogen-bond donors (Lipinski definition) is 1. The first-order chi connectivity index (χ1) is 8.31. The van der Waals surface area contributed by atoms with Gasteiger partial charge in [0.15, 0.2) is 5.65 Å². The van der Waals surface area contributed by atoms with Crippen molar-refractivity contribution < 1.29 is 0 Å². The number of rotatable bonds is 3. The summed E-state index contributed by atoms with van der Waals surface area (Å²) in [6.07, 6.45) is 3.99. The van der Waals surface area contributed by atoms with E-state index in [9.17, 15) is 0 Å². The van der Waals surface area contributed by atoms with E-state index in [0.29, 0.717) is 5.65 Å². The highest BCUT2D eigenvalue weighted by atomic mass is 15.6. The summed E-state index contributed by atoms with van der Waals surface area (Å²) in [6.45, 7) is 3.32. The second kappa shape index (κ2) is 4.27. The fourth-order valence-electron chi connectivity index (χ4n) is 2.50. The molecule has 1 N–H and O–H groups in total. The van der Waals surface area contributed by atoms with Gasteiger partial charge in [-0.3, -0.25) is 0 Å². The predicted molar refractivity (Wildman–Crippen MR) is 63.6 cm³/mol. The van der Waals surface area contributed by atoms with Crippen LogP contribution >= 0.6 is 0 Å². The summed E-state index contributed by atoms with van der Waals surface area (Å²) in [5.41, 5.74) is 0.671. The zero-order chi connectivity index (χ0) is 11.7. The Morgan fingerprint density at radius 2 is 2.35 bits per heavy atom. The number of fused-ring (bicyclic) bond motifs is 1. The van der Waals surface area contributed by atoms with Crippen LogP contribution in [0.1, 0.15) is 26.2 Å². The molecule has 2 aromatic rings. The topological polar surface area (TPSA) is 68.0 Å². The number of nitrogens with zero attached hydrogens (tertiary/aromatic N) is 5. The van der Waals surface area contributed by atoms with Crippen molar-refractivity contribution in [2.45, 2.75) is 26.2 Å². The molecule has 1 saturated carbocycles. The van der Waals surface area contributed by atoms with E-state index in [4.69, 9.17) is 0 Å². The predicted octanol–water partition coefficient (Wildman–Crippen LogP) is 1.37. The van der Waals surface area contributed by atoms with Crippen LogP contribution in [0, 0.1) is 11.8 Å². The molecular weight excluding hydrogens is 216 g/mol. The van der Waals surface area contributed by atoms with Gasteiger partial charge in [0.05, 0.1) is 0 Å². The van der Waals surface area contributed by atoms with Crippen molar-refractivity contribution in [1.82, 2.24) is 25.3 Å². The third-order valence-electron chi connectivity index (χ3n) is 3.44. The fraction of sp³-hybridized carbons (Fsp3) is 0.636. The van der Waals surface area contributed by atoms with Crippen LogP contribution in [0.3, 0.4) is 0 Å². The minimum absolute atomic E-state index is 0.671. The molecule has 0 radical (unpaired) electrons. The number of anilines is 1. The lowest BCUT2D eigenvalue weighted by Gasteiger charge is -2.11. The van der Waals surface area contributed by atoms with Gasteiger partial charge in [0.25, 0.3) is 0 Å². The first-order valence-electron chi connectivity index (χ1n) is 6.10. The number of hydrogen-bond acceptors (Lipinski definition) is 5. The van der Waals surface area contributed by atoms with Crippen LogP contribution in [0.4, 0.5) is 5.82 Å². The van der Waals surface area contributed by atoms with E-state index in [2.05, 4.69) is 32.9 Å². The molecule has 0 aromatic carbocycles. The monoisotopic (exact) mass is 232 g/mol. The zero-order valence-electron chi connectivity index (χ0n) is 9.87. The Labute approximate surface area is 99.4 Å². The van der Waals surface area contributed by atoms with Crippen molar-refractivity contribution in [3.05, 3.63) is 12.1 Å². The van der Waals surface area contributed by atoms with Crippen LogP contribution in [0.25, 0.3) is 5.65 Å². The maximum absolute atomic E-state index is 4.28. The van der Waals surface area contributed by atoms with Gasteiger partial charge in [0, 0.05) is 6.54 Å². The second-order valence-corrected chi connectivity index (χ2v) is 4.91. The quantitative estimate of drug-likeness (QED) is 0.865. The van der Waals surface area contributed by atoms with E-state index in [-0.39, 0.29) is 0 Å². The highest BCUT2D eigenvalue weighted by Crippen LogP contribution is 2.30. The van der Waals surface area contributed by atoms with Crippen molar-refractivity contribution >= 4 is 11.5 Å². The lowest BCUT2D eigenvalue weighted by Crippen LogP contribution is -2.13. The van der Waals surface area contributed by atoms with Gasteiger partial charge < -0.3 is 5.32 Å². The first kappa shape index (κ1) is 10.4. The van der Waals surface area contributed by atoms with Gasteiger partial charge in [-0.25, -0.2) is 0 Å². The van der Waals surface area contributed by atoms with Crippen LogP contribution in [0.15, 0.2) is 12.1 Å². The van der Waals surface area contributed by atoms with Crippen LogP contribution < -0.4 is 5.32 Å². The first-order valence-corrected chi connectivity index (χ1v) is 6.10. The Balaban J connectivity index is 1.64. The lowest BCUT2D eigenvalue weighted by atomic mass is 10.1. The number of aromatic nitrogens is 5. The summed E-state index contributed by atoms with van der Waals surface area (Å²) in [4.78, 5) is 0. The summed E-state index contributed by atoms with van der Waals surface area (Å²) in [7, 11) is 0. The van der Waals surface area contributed by atoms with Gasteiger partial charge >= 0.3 is 0 Å². The van der Waals surface area contributed by atoms with Crippen molar-refractivity contribution in [2.75, 3.05) is 11.9 Å². The molecule has 2 aromatic heterocycles. The molecule has 0 spiro atoms. The third-order valence-corrected chi connectivity index (χ3v) is 3.44. The molecule has 6 nitrogen and oxygen atoms in total. The summed E-state index contributed by atoms with van der Waals surface area (Å²) >= 11 is 0. The van der Waals surface area contributed by atoms with Gasteiger partial charge in [0.1, 0.15) is 5.82 Å². The summed E-state index contributed by atoms with van der Waals surface area (Å²) < 4.78 is 1.44. The van der Waals surface area contributed by atoms with Gasteiger partial charge in [-0.1, -0.05) is 13.3 Å². The molecule has 2 atom stereocenters. The Kier molecular flexibility index (Phi) is 2.62. The molecule has 6 heteroatoms. The van der Waals surface area contributed by atoms with Crippen molar-refractivity contribution in [3.63, 3.8) is 0 Å². The van der Waals surface area contributed by atoms with E-state index in [1.54, 1.807) is 0 Å². The highest BCUT2D eigenvalue weighted by Gasteiger charge is 2.20. The Morgan fingerprint density at radius 1 is 1.41 bits per heavy atom. The SMILES string of the molecule is CC1CCC(CNc2ccc3nnnn3n2)C1. The Morgan fingerprint density at radius 3 is 3.18 bits per heavy atom. The Bertz CT molecular complexity index is 507. The molecule has 0 bridgehead atoms. The van der Waals surface area contributed by atoms with Crippen molar-refractivity contribution in [3.8, 4) is 0 Å². The van der Waals surface area contributed by atoms with E-state index in [1.807, 2.05) is 12.1 Å². The molecule has 1 aliphatic rings. The van der Waals surface area contributed by atoms with Crippen LogP contribution in [0.2, 0.25) is 0 Å². The van der Waals surface area contributed by atoms with Gasteiger partial charge in [0.2, 0.25) is 0 Å². The lowest BCUT2D eigenvalue weighted by molar-refractivity contribution is 0.536. The molecule has 0 amide bonds. The van der Waals surface area contributed by atoms with Crippen molar-refractivity contribution in [1.29, 1.82) is 0 Å². The average molecular weight is 232 g/mol. The van der Waals surface area contributed by atoms with Crippen LogP contribution in [-0.2, 0) is 0 Å². The number of tetrazole rings is 1. The highest BCUT2D eigenvalue weighted by molar-refractivity contribution is 5.42. The molecule has 0 aliphatic heterocycles. The molecule has 90 valence electrons. The summed E-state index contributed by atoms with van der Waals surface area (Å²) in [5, 5.41) is 18.8. The van der Waals surface area contributed by atoms with Crippen molar-refractivity contribution in [2.24, 2.45) is 11.8 Å². The smallest absolute Gasteiger partial charge is 0.200 e. The average Bonchev–Trinajstić information content (AvgIpc) is 2.94. The summed E-state index contributed by atoms with van der Waals surface area (Å²) in [5.74, 6) is 2.48. The Hall–Kier alpha value is -1.72. The molecule has 2 heterocycles. The zero-order valence-corrected chi connectivity index (χ0v) is 9.87. The number of nitrogens with one attached hydrogen (secondary N) is 1. The van der Waals surface area contributed by atoms with E-state index in [1.165, 1.54) is 23.9 Å². The molecule has 2 unspecified atom stereocenters. The third kappa shape index (κ3) is 2.20. The normalized spacial score (nSPS) is 24.3. The minimum Gasteiger partial charge on any atom is -0.368 e. The van der Waals surface area contributed by atoms with E-state index >= 15 is 0 Å². The summed E-state index contributed by atoms with van der Waals surface area (Å²) in [6, 6.07) is 3.79. The van der Waals surface area contributed by atoms with Crippen LogP contribution in [-0.4, -0.2) is 31.8 Å². The largest absolute Gasteiger partial charge is 0.368 e. The maximum atomic E-state index is 4.28. The molecular formula is C11H16N6. The van der Waals surface area contributed by atoms with Gasteiger partial charge in [-0.05, 0) is 47.2 Å². The van der Waals surface area contributed by atoms with E-state index < -0.39 is 0 Å². The standard InChI is InChI=1S/C11H16N6/c1-8-2-3-9(6-8)7-12-10-4-5-11-13-15-16-17(11)14-10/h4-5,8-9H,2-3,6-7H2,1H3,(H,12,14). The minimum atomic E-state index is 0.671. The van der Waals surface area contributed by atoms with Gasteiger partial charge in [-0.2, -0.15) is 0 Å². The maximum Gasteiger partial charge on any atom is 0.200 e. The second-order valence-electron chi connectivity index (χ2n) is 4.91. The molecule has 3 rings (SSSR count). The fourth-order valence-corrected chi connectivity index (χ4v) is 2.50. The van der Waals surface area contributed by atoms with Gasteiger partial charge in [-0.15, -0.1) is 14.8 Å². The molecule has 1 aliphatic carbocycles. The molecule has 17 heavy (non-hydrogen) atoms.